The van der Waals surface area contributed by atoms with E-state index in [1.54, 1.807) is 0 Å². The van der Waals surface area contributed by atoms with Gasteiger partial charge in [0.1, 0.15) is 11.6 Å². The lowest BCUT2D eigenvalue weighted by Crippen LogP contribution is -2.27. The van der Waals surface area contributed by atoms with E-state index in [2.05, 4.69) is 16.4 Å². The van der Waals surface area contributed by atoms with Gasteiger partial charge in [-0.15, -0.1) is 0 Å². The summed E-state index contributed by atoms with van der Waals surface area (Å²) >= 11 is 0. The molecule has 1 unspecified atom stereocenters. The highest BCUT2D eigenvalue weighted by molar-refractivity contribution is 5.62. The summed E-state index contributed by atoms with van der Waals surface area (Å²) in [5.41, 5.74) is 5.10. The highest BCUT2D eigenvalue weighted by Crippen LogP contribution is 2.35. The number of anilines is 2. The van der Waals surface area contributed by atoms with Gasteiger partial charge in [0.15, 0.2) is 0 Å². The zero-order valence-electron chi connectivity index (χ0n) is 16.5. The van der Waals surface area contributed by atoms with E-state index in [0.717, 1.165) is 40.6 Å². The van der Waals surface area contributed by atoms with E-state index in [0.29, 0.717) is 37.6 Å². The molecule has 5 rings (SSSR count). The summed E-state index contributed by atoms with van der Waals surface area (Å²) in [4.78, 5) is 16.5. The van der Waals surface area contributed by atoms with Gasteiger partial charge in [-0.1, -0.05) is 6.07 Å². The van der Waals surface area contributed by atoms with Crippen molar-refractivity contribution >= 4 is 11.6 Å². The maximum Gasteiger partial charge on any atom is 0.274 e. The molecule has 3 aromatic rings. The number of hydrogen-bond donors (Lipinski definition) is 1. The van der Waals surface area contributed by atoms with Crippen LogP contribution in [0.5, 0.6) is 0 Å². The molecule has 0 spiro atoms. The van der Waals surface area contributed by atoms with Crippen LogP contribution in [0.1, 0.15) is 46.8 Å². The third kappa shape index (κ3) is 3.39. The molecule has 0 saturated heterocycles. The van der Waals surface area contributed by atoms with Crippen molar-refractivity contribution < 1.29 is 13.5 Å². The summed E-state index contributed by atoms with van der Waals surface area (Å²) < 4.78 is 35.2. The lowest BCUT2D eigenvalue weighted by atomic mass is 9.95. The van der Waals surface area contributed by atoms with E-state index >= 15 is 0 Å². The SMILES string of the molecule is Cc1cc2c(cc1Nc1nc(=O)cc3n1C(c1cc(F)cc(F)c1)CCC3)COC2. The Kier molecular flexibility index (Phi) is 4.62. The van der Waals surface area contributed by atoms with Crippen LogP contribution in [-0.2, 0) is 24.4 Å². The highest BCUT2D eigenvalue weighted by Gasteiger charge is 2.26. The summed E-state index contributed by atoms with van der Waals surface area (Å²) in [5.74, 6) is -0.848. The second-order valence-corrected chi connectivity index (χ2v) is 7.94. The second-order valence-electron chi connectivity index (χ2n) is 7.94. The Balaban J connectivity index is 1.62. The Bertz CT molecular complexity index is 1190. The number of aromatic nitrogens is 2. The van der Waals surface area contributed by atoms with Crippen LogP contribution < -0.4 is 10.9 Å². The lowest BCUT2D eigenvalue weighted by Gasteiger charge is -2.31. The van der Waals surface area contributed by atoms with Crippen molar-refractivity contribution in [2.45, 2.75) is 45.4 Å². The van der Waals surface area contributed by atoms with Gasteiger partial charge in [-0.05, 0) is 66.6 Å². The Morgan fingerprint density at radius 1 is 1.07 bits per heavy atom. The van der Waals surface area contributed by atoms with Crippen LogP contribution in [0.2, 0.25) is 0 Å². The van der Waals surface area contributed by atoms with Gasteiger partial charge in [0.05, 0.1) is 19.3 Å². The molecule has 2 aliphatic heterocycles. The highest BCUT2D eigenvalue weighted by atomic mass is 19.1. The molecular formula is C23H21F2N3O2. The molecule has 0 radical (unpaired) electrons. The van der Waals surface area contributed by atoms with Crippen LogP contribution in [0, 0.1) is 18.6 Å². The quantitative estimate of drug-likeness (QED) is 0.691. The molecule has 154 valence electrons. The lowest BCUT2D eigenvalue weighted by molar-refractivity contribution is 0.134. The van der Waals surface area contributed by atoms with Crippen molar-refractivity contribution in [1.82, 2.24) is 9.55 Å². The molecule has 30 heavy (non-hydrogen) atoms. The fourth-order valence-corrected chi connectivity index (χ4v) is 4.46. The fraction of sp³-hybridized carbons (Fsp3) is 0.304. The van der Waals surface area contributed by atoms with Crippen molar-refractivity contribution in [2.75, 3.05) is 5.32 Å². The summed E-state index contributed by atoms with van der Waals surface area (Å²) in [5, 5.41) is 3.31. The van der Waals surface area contributed by atoms with Gasteiger partial charge >= 0.3 is 0 Å². The number of ether oxygens (including phenoxy) is 1. The molecule has 0 amide bonds. The number of fused-ring (bicyclic) bond motifs is 2. The zero-order valence-corrected chi connectivity index (χ0v) is 16.5. The molecule has 0 fully saturated rings. The van der Waals surface area contributed by atoms with Gasteiger partial charge in [0, 0.05) is 23.5 Å². The predicted molar refractivity (Wildman–Crippen MR) is 109 cm³/mol. The first-order valence-electron chi connectivity index (χ1n) is 10.0. The van der Waals surface area contributed by atoms with Crippen molar-refractivity contribution in [3.63, 3.8) is 0 Å². The van der Waals surface area contributed by atoms with E-state index in [9.17, 15) is 13.6 Å². The number of rotatable bonds is 3. The van der Waals surface area contributed by atoms with Gasteiger partial charge in [-0.3, -0.25) is 4.79 Å². The number of aryl methyl sites for hydroxylation is 2. The number of benzene rings is 2. The normalized spacial score (nSPS) is 17.5. The van der Waals surface area contributed by atoms with Crippen molar-refractivity contribution in [3.8, 4) is 0 Å². The van der Waals surface area contributed by atoms with Gasteiger partial charge in [-0.25, -0.2) is 8.78 Å². The molecule has 2 aliphatic rings. The molecule has 1 aromatic heterocycles. The molecule has 0 bridgehead atoms. The minimum absolute atomic E-state index is 0.312. The number of halogens is 2. The molecule has 3 heterocycles. The molecule has 5 nitrogen and oxygen atoms in total. The first-order valence-corrected chi connectivity index (χ1v) is 10.0. The minimum Gasteiger partial charge on any atom is -0.372 e. The van der Waals surface area contributed by atoms with Crippen LogP contribution in [0.4, 0.5) is 20.4 Å². The van der Waals surface area contributed by atoms with E-state index in [-0.39, 0.29) is 11.6 Å². The Labute approximate surface area is 172 Å². The standard InChI is InChI=1S/C23H21F2N3O2/c1-13-5-15-11-30-12-16(15)8-20(13)26-23-27-22(29)10-19-3-2-4-21(28(19)23)14-6-17(24)9-18(25)7-14/h5-10,21H,2-4,11-12H2,1H3,(H,26,27,29). The topological polar surface area (TPSA) is 56.2 Å². The Morgan fingerprint density at radius 3 is 2.57 bits per heavy atom. The fourth-order valence-electron chi connectivity index (χ4n) is 4.46. The van der Waals surface area contributed by atoms with Gasteiger partial charge in [0.2, 0.25) is 5.95 Å². The number of nitrogens with zero attached hydrogens (tertiary/aromatic N) is 2. The Morgan fingerprint density at radius 2 is 1.80 bits per heavy atom. The van der Waals surface area contributed by atoms with Crippen molar-refractivity contribution in [3.05, 3.63) is 86.3 Å². The van der Waals surface area contributed by atoms with Crippen molar-refractivity contribution in [1.29, 1.82) is 0 Å². The molecule has 7 heteroatoms. The third-order valence-corrected chi connectivity index (χ3v) is 5.84. The average Bonchev–Trinajstić information content (AvgIpc) is 3.13. The monoisotopic (exact) mass is 409 g/mol. The number of nitrogens with one attached hydrogen (secondary N) is 1. The first kappa shape index (κ1) is 18.9. The zero-order chi connectivity index (χ0) is 20.8. The number of hydrogen-bond acceptors (Lipinski definition) is 4. The molecule has 1 N–H and O–H groups in total. The van der Waals surface area contributed by atoms with Gasteiger partial charge in [-0.2, -0.15) is 4.98 Å². The van der Waals surface area contributed by atoms with Gasteiger partial charge in [0.25, 0.3) is 5.56 Å². The Hall–Kier alpha value is -3.06. The summed E-state index contributed by atoms with van der Waals surface area (Å²) in [7, 11) is 0. The van der Waals surface area contributed by atoms with Crippen LogP contribution in [-0.4, -0.2) is 9.55 Å². The first-order chi connectivity index (χ1) is 14.5. The molecule has 1 atom stereocenters. The van der Waals surface area contributed by atoms with Crippen molar-refractivity contribution in [2.24, 2.45) is 0 Å². The van der Waals surface area contributed by atoms with E-state index in [1.165, 1.54) is 18.2 Å². The second kappa shape index (κ2) is 7.32. The van der Waals surface area contributed by atoms with Crippen LogP contribution >= 0.6 is 0 Å². The van der Waals surface area contributed by atoms with Crippen LogP contribution in [0.3, 0.4) is 0 Å². The van der Waals surface area contributed by atoms with E-state index < -0.39 is 11.6 Å². The smallest absolute Gasteiger partial charge is 0.274 e. The maximum absolute atomic E-state index is 13.9. The molecule has 2 aromatic carbocycles. The molecular weight excluding hydrogens is 388 g/mol. The van der Waals surface area contributed by atoms with Crippen LogP contribution in [0.15, 0.2) is 41.2 Å². The predicted octanol–water partition coefficient (Wildman–Crippen LogP) is 4.53. The largest absolute Gasteiger partial charge is 0.372 e. The van der Waals surface area contributed by atoms with Crippen LogP contribution in [0.25, 0.3) is 0 Å². The summed E-state index contributed by atoms with van der Waals surface area (Å²) in [6.45, 7) is 3.14. The molecule has 0 aliphatic carbocycles. The minimum atomic E-state index is -0.616. The van der Waals surface area contributed by atoms with Gasteiger partial charge < -0.3 is 14.6 Å². The average molecular weight is 409 g/mol. The maximum atomic E-state index is 13.9. The third-order valence-electron chi connectivity index (χ3n) is 5.84. The van der Waals surface area contributed by atoms with E-state index in [1.807, 2.05) is 17.6 Å². The van der Waals surface area contributed by atoms with E-state index in [4.69, 9.17) is 4.74 Å². The summed E-state index contributed by atoms with van der Waals surface area (Å²) in [6, 6.07) is 8.85. The summed E-state index contributed by atoms with van der Waals surface area (Å²) in [6.07, 6.45) is 2.23. The molecule has 0 saturated carbocycles.